The highest BCUT2D eigenvalue weighted by atomic mass is 35.5. The van der Waals surface area contributed by atoms with Crippen molar-refractivity contribution in [2.24, 2.45) is 5.73 Å². The van der Waals surface area contributed by atoms with Crippen LogP contribution in [0, 0.1) is 0 Å². The van der Waals surface area contributed by atoms with Gasteiger partial charge in [0.15, 0.2) is 0 Å². The molecule has 138 valence electrons. The zero-order valence-electron chi connectivity index (χ0n) is 14.8. The van der Waals surface area contributed by atoms with E-state index < -0.39 is 0 Å². The standard InChI is InChI=1S/C13H19N.C9H6Cl2O/c14-10-11-5-4-8-13(9-11)12-6-2-1-3-7-12;10-8-4-3-7(2-1-5-12)9(11)6-8/h4-5,8-9,12H,1-3,6-7,10,14H2;1-6H/b;2-1+. The maximum atomic E-state index is 10.0. The molecule has 0 spiro atoms. The van der Waals surface area contributed by atoms with Crippen LogP contribution in [0.25, 0.3) is 6.08 Å². The third-order valence-corrected chi connectivity index (χ3v) is 5.14. The number of nitrogens with two attached hydrogens (primary N) is 1. The molecule has 0 atom stereocenters. The van der Waals surface area contributed by atoms with Gasteiger partial charge in [-0.05, 0) is 53.7 Å². The molecule has 3 rings (SSSR count). The Hall–Kier alpha value is -1.61. The fraction of sp³-hybridized carbons (Fsp3) is 0.318. The van der Waals surface area contributed by atoms with Crippen molar-refractivity contribution in [3.63, 3.8) is 0 Å². The van der Waals surface area contributed by atoms with E-state index >= 15 is 0 Å². The lowest BCUT2D eigenvalue weighted by Crippen LogP contribution is -2.05. The van der Waals surface area contributed by atoms with Crippen LogP contribution >= 0.6 is 23.2 Å². The molecule has 1 fully saturated rings. The quantitative estimate of drug-likeness (QED) is 0.485. The van der Waals surface area contributed by atoms with Crippen molar-refractivity contribution in [2.45, 2.75) is 44.6 Å². The Kier molecular flexibility index (Phi) is 8.90. The minimum Gasteiger partial charge on any atom is -0.326 e. The molecule has 0 amide bonds. The summed E-state index contributed by atoms with van der Waals surface area (Å²) in [4.78, 5) is 10.0. The summed E-state index contributed by atoms with van der Waals surface area (Å²) in [5.41, 5.74) is 9.21. The molecule has 2 nitrogen and oxygen atoms in total. The number of carbonyl (C=O) groups excluding carboxylic acids is 1. The van der Waals surface area contributed by atoms with Crippen molar-refractivity contribution in [1.82, 2.24) is 0 Å². The van der Waals surface area contributed by atoms with E-state index in [-0.39, 0.29) is 0 Å². The molecule has 2 N–H and O–H groups in total. The molecule has 0 aromatic heterocycles. The second-order valence-corrected chi connectivity index (χ2v) is 7.29. The first-order chi connectivity index (χ1) is 12.6. The Morgan fingerprint density at radius 2 is 1.81 bits per heavy atom. The Bertz CT molecular complexity index is 737. The van der Waals surface area contributed by atoms with Crippen LogP contribution in [0.3, 0.4) is 0 Å². The van der Waals surface area contributed by atoms with Crippen molar-refractivity contribution in [3.05, 3.63) is 75.3 Å². The van der Waals surface area contributed by atoms with E-state index in [9.17, 15) is 4.79 Å². The molecule has 0 saturated heterocycles. The second-order valence-electron chi connectivity index (χ2n) is 6.45. The summed E-state index contributed by atoms with van der Waals surface area (Å²) in [6.07, 6.45) is 10.7. The minimum absolute atomic E-state index is 0.542. The fourth-order valence-corrected chi connectivity index (χ4v) is 3.66. The number of carbonyl (C=O) groups is 1. The molecule has 0 bridgehead atoms. The number of halogens is 2. The van der Waals surface area contributed by atoms with Gasteiger partial charge in [0.1, 0.15) is 6.29 Å². The van der Waals surface area contributed by atoms with Gasteiger partial charge >= 0.3 is 0 Å². The molecular weight excluding hydrogens is 365 g/mol. The predicted octanol–water partition coefficient (Wildman–Crippen LogP) is 6.40. The van der Waals surface area contributed by atoms with Gasteiger partial charge in [-0.25, -0.2) is 0 Å². The lowest BCUT2D eigenvalue weighted by molar-refractivity contribution is -0.104. The van der Waals surface area contributed by atoms with Crippen LogP contribution in [0.2, 0.25) is 10.0 Å². The zero-order chi connectivity index (χ0) is 18.8. The van der Waals surface area contributed by atoms with Crippen molar-refractivity contribution < 1.29 is 4.79 Å². The van der Waals surface area contributed by atoms with E-state index in [0.717, 1.165) is 11.5 Å². The summed E-state index contributed by atoms with van der Waals surface area (Å²) >= 11 is 11.5. The molecule has 26 heavy (non-hydrogen) atoms. The van der Waals surface area contributed by atoms with E-state index in [2.05, 4.69) is 24.3 Å². The van der Waals surface area contributed by atoms with Crippen LogP contribution in [0.1, 0.15) is 54.7 Å². The van der Waals surface area contributed by atoms with Gasteiger partial charge in [-0.2, -0.15) is 0 Å². The summed E-state index contributed by atoms with van der Waals surface area (Å²) < 4.78 is 0. The van der Waals surface area contributed by atoms with Gasteiger partial charge < -0.3 is 5.73 Å². The maximum Gasteiger partial charge on any atom is 0.142 e. The first-order valence-electron chi connectivity index (χ1n) is 9.00. The molecule has 2 aromatic carbocycles. The largest absolute Gasteiger partial charge is 0.326 e. The van der Waals surface area contributed by atoms with Gasteiger partial charge in [-0.15, -0.1) is 0 Å². The van der Waals surface area contributed by atoms with E-state index in [4.69, 9.17) is 28.9 Å². The summed E-state index contributed by atoms with van der Waals surface area (Å²) in [7, 11) is 0. The van der Waals surface area contributed by atoms with Gasteiger partial charge in [-0.3, -0.25) is 4.79 Å². The van der Waals surface area contributed by atoms with Crippen LogP contribution in [0.4, 0.5) is 0 Å². The van der Waals surface area contributed by atoms with Crippen LogP contribution in [-0.4, -0.2) is 6.29 Å². The number of allylic oxidation sites excluding steroid dienone is 1. The van der Waals surface area contributed by atoms with Crippen molar-refractivity contribution in [3.8, 4) is 0 Å². The third kappa shape index (κ3) is 6.60. The molecule has 0 heterocycles. The van der Waals surface area contributed by atoms with Crippen LogP contribution in [-0.2, 0) is 11.3 Å². The van der Waals surface area contributed by atoms with E-state index in [1.165, 1.54) is 49.3 Å². The molecule has 1 aliphatic carbocycles. The topological polar surface area (TPSA) is 43.1 Å². The van der Waals surface area contributed by atoms with Crippen LogP contribution < -0.4 is 5.73 Å². The number of benzene rings is 2. The number of hydrogen-bond donors (Lipinski definition) is 1. The van der Waals surface area contributed by atoms with E-state index in [0.29, 0.717) is 22.9 Å². The van der Waals surface area contributed by atoms with Crippen molar-refractivity contribution in [2.75, 3.05) is 0 Å². The average Bonchev–Trinajstić information content (AvgIpc) is 2.68. The third-order valence-electron chi connectivity index (χ3n) is 4.58. The molecular formula is C22H25Cl2NO. The highest BCUT2D eigenvalue weighted by Crippen LogP contribution is 2.32. The molecule has 1 aliphatic rings. The van der Waals surface area contributed by atoms with E-state index in [1.54, 1.807) is 24.3 Å². The zero-order valence-corrected chi connectivity index (χ0v) is 16.3. The molecule has 0 aliphatic heterocycles. The minimum atomic E-state index is 0.542. The molecule has 0 unspecified atom stereocenters. The molecule has 2 aromatic rings. The van der Waals surface area contributed by atoms with Gasteiger partial charge in [0.2, 0.25) is 0 Å². The SMILES string of the molecule is NCc1cccc(C2CCCCC2)c1.O=C/C=C/c1ccc(Cl)cc1Cl. The van der Waals surface area contributed by atoms with Gasteiger partial charge in [-0.1, -0.05) is 78.9 Å². The Labute approximate surface area is 166 Å². The molecule has 1 saturated carbocycles. The molecule has 0 radical (unpaired) electrons. The van der Waals surface area contributed by atoms with Crippen molar-refractivity contribution >= 4 is 35.6 Å². The maximum absolute atomic E-state index is 10.0. The summed E-state index contributed by atoms with van der Waals surface area (Å²) in [6, 6.07) is 13.9. The van der Waals surface area contributed by atoms with Crippen LogP contribution in [0.5, 0.6) is 0 Å². The molecule has 4 heteroatoms. The number of rotatable bonds is 4. The van der Waals surface area contributed by atoms with Crippen LogP contribution in [0.15, 0.2) is 48.5 Å². The summed E-state index contributed by atoms with van der Waals surface area (Å²) in [5.74, 6) is 0.801. The second kappa shape index (κ2) is 11.2. The lowest BCUT2D eigenvalue weighted by Gasteiger charge is -2.22. The first kappa shape index (κ1) is 20.7. The van der Waals surface area contributed by atoms with Gasteiger partial charge in [0.25, 0.3) is 0 Å². The summed E-state index contributed by atoms with van der Waals surface area (Å²) in [5, 5.41) is 1.13. The highest BCUT2D eigenvalue weighted by Gasteiger charge is 2.15. The smallest absolute Gasteiger partial charge is 0.142 e. The Morgan fingerprint density at radius 1 is 1.04 bits per heavy atom. The average molecular weight is 390 g/mol. The van der Waals surface area contributed by atoms with Gasteiger partial charge in [0, 0.05) is 16.6 Å². The Balaban J connectivity index is 0.000000190. The number of hydrogen-bond acceptors (Lipinski definition) is 2. The summed E-state index contributed by atoms with van der Waals surface area (Å²) in [6.45, 7) is 0.667. The van der Waals surface area contributed by atoms with Gasteiger partial charge in [0.05, 0.1) is 0 Å². The van der Waals surface area contributed by atoms with Crippen molar-refractivity contribution in [1.29, 1.82) is 0 Å². The number of aldehydes is 1. The van der Waals surface area contributed by atoms with E-state index in [1.807, 2.05) is 0 Å². The Morgan fingerprint density at radius 3 is 2.46 bits per heavy atom. The predicted molar refractivity (Wildman–Crippen MR) is 112 cm³/mol. The highest BCUT2D eigenvalue weighted by molar-refractivity contribution is 6.35. The normalized spacial score (nSPS) is 14.7. The lowest BCUT2D eigenvalue weighted by atomic mass is 9.84. The fourth-order valence-electron chi connectivity index (χ4n) is 3.19. The first-order valence-corrected chi connectivity index (χ1v) is 9.75. The monoisotopic (exact) mass is 389 g/mol.